The lowest BCUT2D eigenvalue weighted by molar-refractivity contribution is 0.392. The third-order valence-corrected chi connectivity index (χ3v) is 7.85. The average Bonchev–Trinajstić information content (AvgIpc) is 3.24. The first-order chi connectivity index (χ1) is 16.9. The number of para-hydroxylation sites is 1. The summed E-state index contributed by atoms with van der Waals surface area (Å²) in [6.45, 7) is 0.243. The summed E-state index contributed by atoms with van der Waals surface area (Å²) in [5.41, 5.74) is 7.91. The second kappa shape index (κ2) is 8.95. The Kier molecular flexibility index (Phi) is 5.81. The minimum absolute atomic E-state index is 0.0456. The molecule has 1 atom stereocenters. The van der Waals surface area contributed by atoms with E-state index in [2.05, 4.69) is 25.5 Å². The van der Waals surface area contributed by atoms with E-state index in [9.17, 15) is 8.42 Å². The maximum atomic E-state index is 13.9. The number of methoxy groups -OCH3 is 2. The summed E-state index contributed by atoms with van der Waals surface area (Å²) in [5.74, 6) is 1.35. The number of sulfonamides is 1. The zero-order valence-electron chi connectivity index (χ0n) is 19.2. The number of nitrogens with zero attached hydrogens (tertiary/aromatic N) is 4. The number of benzene rings is 2. The van der Waals surface area contributed by atoms with Crippen molar-refractivity contribution in [3.63, 3.8) is 0 Å². The molecule has 1 aliphatic rings. The number of aromatic amines is 1. The van der Waals surface area contributed by atoms with E-state index in [0.29, 0.717) is 41.1 Å². The number of hydrogen-bond donors (Lipinski definition) is 3. The van der Waals surface area contributed by atoms with E-state index in [4.69, 9.17) is 15.2 Å². The van der Waals surface area contributed by atoms with E-state index in [0.717, 1.165) is 5.56 Å². The lowest BCUT2D eigenvalue weighted by Crippen LogP contribution is -2.33. The number of fused-ring (bicyclic) bond motifs is 2. The van der Waals surface area contributed by atoms with Crippen LogP contribution in [0.3, 0.4) is 0 Å². The molecule has 182 valence electrons. The van der Waals surface area contributed by atoms with Crippen LogP contribution in [0, 0.1) is 0 Å². The molecule has 0 radical (unpaired) electrons. The normalized spacial score (nSPS) is 15.9. The van der Waals surface area contributed by atoms with Gasteiger partial charge < -0.3 is 20.5 Å². The molecule has 0 saturated carbocycles. The van der Waals surface area contributed by atoms with E-state index in [1.165, 1.54) is 24.6 Å². The monoisotopic (exact) mass is 495 g/mol. The third-order valence-electron chi connectivity index (χ3n) is 6.01. The summed E-state index contributed by atoms with van der Waals surface area (Å²) < 4.78 is 39.9. The molecule has 0 bridgehead atoms. The van der Waals surface area contributed by atoms with Crippen molar-refractivity contribution < 1.29 is 17.9 Å². The van der Waals surface area contributed by atoms with Crippen LogP contribution in [0.2, 0.25) is 0 Å². The van der Waals surface area contributed by atoms with Crippen LogP contribution in [-0.4, -0.2) is 55.4 Å². The van der Waals surface area contributed by atoms with Crippen molar-refractivity contribution in [1.82, 2.24) is 20.2 Å². The Balaban J connectivity index is 1.52. The minimum Gasteiger partial charge on any atom is -0.497 e. The Hall–Kier alpha value is -4.06. The molecule has 4 N–H and O–H groups in total. The van der Waals surface area contributed by atoms with Gasteiger partial charge in [0.25, 0.3) is 10.0 Å². The van der Waals surface area contributed by atoms with Gasteiger partial charge in [0.2, 0.25) is 5.95 Å². The molecule has 0 amide bonds. The maximum absolute atomic E-state index is 13.9. The van der Waals surface area contributed by atoms with Crippen LogP contribution in [0.15, 0.2) is 53.6 Å². The van der Waals surface area contributed by atoms with E-state index < -0.39 is 10.0 Å². The van der Waals surface area contributed by atoms with E-state index in [1.807, 2.05) is 24.3 Å². The Bertz CT molecular complexity index is 1490. The Morgan fingerprint density at radius 2 is 1.97 bits per heavy atom. The highest BCUT2D eigenvalue weighted by Gasteiger charge is 2.33. The molecule has 0 fully saturated rings. The fraction of sp³-hybridized carbons (Fsp3) is 0.261. The van der Waals surface area contributed by atoms with Crippen molar-refractivity contribution in [2.75, 3.05) is 36.1 Å². The number of H-pyrrole nitrogens is 1. The van der Waals surface area contributed by atoms with Crippen LogP contribution < -0.4 is 24.8 Å². The second-order valence-electron chi connectivity index (χ2n) is 8.12. The van der Waals surface area contributed by atoms with Crippen molar-refractivity contribution >= 4 is 38.5 Å². The topological polar surface area (TPSA) is 148 Å². The van der Waals surface area contributed by atoms with Crippen molar-refractivity contribution in [2.45, 2.75) is 23.8 Å². The Morgan fingerprint density at radius 1 is 1.14 bits per heavy atom. The van der Waals surface area contributed by atoms with Gasteiger partial charge in [-0.2, -0.15) is 15.1 Å². The van der Waals surface area contributed by atoms with Crippen LogP contribution in [-0.2, 0) is 16.4 Å². The summed E-state index contributed by atoms with van der Waals surface area (Å²) in [5, 5.41) is 11.0. The standard InChI is InChI=1S/C23H25N7O4S/c1-33-16-7-8-19(34-2)20(12-16)35(31,32)30-10-9-15(11-14-5-3-4-6-18(14)30)26-21-17-13-25-29-22(17)28-23(24)27-21/h3-8,12-13,15H,9-11H2,1-2H3,(H4,24,25,26,27,28,29). The molecule has 1 unspecified atom stereocenters. The number of ether oxygens (including phenoxy) is 2. The third kappa shape index (κ3) is 4.16. The first-order valence-electron chi connectivity index (χ1n) is 11.0. The number of anilines is 3. The SMILES string of the molecule is COc1ccc(OC)c(S(=O)(=O)N2CCC(Nc3nc(N)nc4[nH]ncc34)Cc3ccccc32)c1. The number of nitrogens with two attached hydrogens (primary N) is 1. The van der Waals surface area contributed by atoms with Crippen LogP contribution in [0.4, 0.5) is 17.5 Å². The number of aromatic nitrogens is 4. The average molecular weight is 496 g/mol. The molecule has 0 saturated heterocycles. The summed E-state index contributed by atoms with van der Waals surface area (Å²) in [4.78, 5) is 8.54. The molecule has 2 aromatic heterocycles. The van der Waals surface area contributed by atoms with Gasteiger partial charge in [0.05, 0.1) is 31.5 Å². The highest BCUT2D eigenvalue weighted by atomic mass is 32.2. The van der Waals surface area contributed by atoms with Crippen molar-refractivity contribution in [2.24, 2.45) is 0 Å². The van der Waals surface area contributed by atoms with E-state index in [1.54, 1.807) is 18.3 Å². The van der Waals surface area contributed by atoms with E-state index >= 15 is 0 Å². The number of hydrogen-bond acceptors (Lipinski definition) is 9. The van der Waals surface area contributed by atoms with Gasteiger partial charge in [0.1, 0.15) is 22.2 Å². The summed E-state index contributed by atoms with van der Waals surface area (Å²) in [6.07, 6.45) is 2.73. The predicted molar refractivity (Wildman–Crippen MR) is 132 cm³/mol. The molecule has 0 spiro atoms. The number of nitrogen functional groups attached to an aromatic ring is 1. The molecule has 12 heteroatoms. The van der Waals surface area contributed by atoms with Gasteiger partial charge in [-0.1, -0.05) is 18.2 Å². The molecule has 35 heavy (non-hydrogen) atoms. The van der Waals surface area contributed by atoms with Crippen molar-refractivity contribution in [3.8, 4) is 11.5 Å². The molecular formula is C23H25N7O4S. The molecule has 5 rings (SSSR count). The smallest absolute Gasteiger partial charge is 0.268 e. The van der Waals surface area contributed by atoms with E-state index in [-0.39, 0.29) is 29.2 Å². The zero-order chi connectivity index (χ0) is 24.6. The van der Waals surface area contributed by atoms with Gasteiger partial charge in [0.15, 0.2) is 5.65 Å². The summed E-state index contributed by atoms with van der Waals surface area (Å²) >= 11 is 0. The molecule has 4 aromatic rings. The maximum Gasteiger partial charge on any atom is 0.268 e. The fourth-order valence-electron chi connectivity index (χ4n) is 4.32. The number of nitrogens with one attached hydrogen (secondary N) is 2. The van der Waals surface area contributed by atoms with Gasteiger partial charge in [0, 0.05) is 18.7 Å². The number of rotatable bonds is 6. The van der Waals surface area contributed by atoms with Gasteiger partial charge in [-0.05, 0) is 36.6 Å². The molecule has 3 heterocycles. The largest absolute Gasteiger partial charge is 0.497 e. The Morgan fingerprint density at radius 3 is 2.77 bits per heavy atom. The van der Waals surface area contributed by atoms with Crippen molar-refractivity contribution in [3.05, 3.63) is 54.2 Å². The molecular weight excluding hydrogens is 470 g/mol. The zero-order valence-corrected chi connectivity index (χ0v) is 20.0. The highest BCUT2D eigenvalue weighted by molar-refractivity contribution is 7.93. The molecule has 2 aromatic carbocycles. The molecule has 1 aliphatic heterocycles. The van der Waals surface area contributed by atoms with Crippen LogP contribution >= 0.6 is 0 Å². The first kappa shape index (κ1) is 22.7. The van der Waals surface area contributed by atoms with Crippen LogP contribution in [0.5, 0.6) is 11.5 Å². The lowest BCUT2D eigenvalue weighted by Gasteiger charge is -2.25. The highest BCUT2D eigenvalue weighted by Crippen LogP contribution is 2.36. The molecule has 0 aliphatic carbocycles. The summed E-state index contributed by atoms with van der Waals surface area (Å²) in [6, 6.07) is 12.1. The minimum atomic E-state index is -3.96. The lowest BCUT2D eigenvalue weighted by atomic mass is 10.0. The van der Waals surface area contributed by atoms with Gasteiger partial charge >= 0.3 is 0 Å². The Labute approximate surface area is 202 Å². The van der Waals surface area contributed by atoms with Crippen LogP contribution in [0.25, 0.3) is 11.0 Å². The summed E-state index contributed by atoms with van der Waals surface area (Å²) in [7, 11) is -1.02. The predicted octanol–water partition coefficient (Wildman–Crippen LogP) is 2.57. The van der Waals surface area contributed by atoms with Gasteiger partial charge in [-0.3, -0.25) is 9.40 Å². The van der Waals surface area contributed by atoms with Crippen molar-refractivity contribution in [1.29, 1.82) is 0 Å². The van der Waals surface area contributed by atoms with Gasteiger partial charge in [-0.25, -0.2) is 8.42 Å². The second-order valence-corrected chi connectivity index (χ2v) is 9.95. The van der Waals surface area contributed by atoms with Crippen LogP contribution in [0.1, 0.15) is 12.0 Å². The van der Waals surface area contributed by atoms with Gasteiger partial charge in [-0.15, -0.1) is 0 Å². The quantitative estimate of drug-likeness (QED) is 0.367. The molecule has 11 nitrogen and oxygen atoms in total. The fourth-order valence-corrected chi connectivity index (χ4v) is 6.01. The first-order valence-corrected chi connectivity index (χ1v) is 12.4.